The van der Waals surface area contributed by atoms with Crippen LogP contribution in [-0.2, 0) is 9.53 Å². The van der Waals surface area contributed by atoms with Crippen LogP contribution in [0.3, 0.4) is 0 Å². The molecule has 0 amide bonds. The van der Waals surface area contributed by atoms with E-state index in [9.17, 15) is 34.6 Å². The van der Waals surface area contributed by atoms with Gasteiger partial charge in [-0.3, -0.25) is 29.8 Å². The van der Waals surface area contributed by atoms with Crippen LogP contribution in [0.15, 0.2) is 36.4 Å². The van der Waals surface area contributed by atoms with Crippen LogP contribution in [0.5, 0.6) is 11.5 Å². The molecule has 0 radical (unpaired) electrons. The summed E-state index contributed by atoms with van der Waals surface area (Å²) >= 11 is 0. The summed E-state index contributed by atoms with van der Waals surface area (Å²) < 4.78 is 9.60. The quantitative estimate of drug-likeness (QED) is 0.289. The van der Waals surface area contributed by atoms with E-state index in [1.165, 1.54) is 18.2 Å². The molecule has 0 aliphatic rings. The summed E-state index contributed by atoms with van der Waals surface area (Å²) in [6.45, 7) is 1.42. The second-order valence-electron chi connectivity index (χ2n) is 5.32. The molecule has 0 heterocycles. The number of hydrogen-bond donors (Lipinski definition) is 1. The van der Waals surface area contributed by atoms with Gasteiger partial charge in [-0.2, -0.15) is 0 Å². The summed E-state index contributed by atoms with van der Waals surface area (Å²) in [6.07, 6.45) is 0.967. The van der Waals surface area contributed by atoms with Crippen LogP contribution in [0, 0.1) is 20.2 Å². The number of hydrogen-bond acceptors (Lipinski definition) is 10. The molecule has 0 aliphatic carbocycles. The number of nitro benzene ring substituents is 2. The molecule has 2 aromatic rings. The Morgan fingerprint density at radius 2 is 1.53 bits per heavy atom. The number of carbonyl (C=O) groups excluding carboxylic acids is 3. The Bertz CT molecular complexity index is 958. The summed E-state index contributed by atoms with van der Waals surface area (Å²) in [4.78, 5) is 51.3. The van der Waals surface area contributed by atoms with Crippen LogP contribution in [0.2, 0.25) is 0 Å². The lowest BCUT2D eigenvalue weighted by Gasteiger charge is -2.06. The van der Waals surface area contributed by atoms with Crippen molar-refractivity contribution in [1.29, 1.82) is 0 Å². The number of nitro groups is 2. The molecule has 0 saturated heterocycles. The van der Waals surface area contributed by atoms with E-state index in [0.29, 0.717) is 12.6 Å². The van der Waals surface area contributed by atoms with Gasteiger partial charge in [-0.05, 0) is 31.2 Å². The highest BCUT2D eigenvalue weighted by atomic mass is 16.6. The van der Waals surface area contributed by atoms with Crippen molar-refractivity contribution in [3.05, 3.63) is 67.8 Å². The number of aldehydes is 2. The zero-order chi connectivity index (χ0) is 22.7. The molecule has 0 bridgehead atoms. The average molecular weight is 420 g/mol. The molecule has 0 fully saturated rings. The van der Waals surface area contributed by atoms with Crippen LogP contribution >= 0.6 is 0 Å². The van der Waals surface area contributed by atoms with E-state index in [0.717, 1.165) is 18.2 Å². The molecule has 2 aromatic carbocycles. The first-order valence-corrected chi connectivity index (χ1v) is 8.18. The molecular formula is C18H16N2O10. The van der Waals surface area contributed by atoms with Gasteiger partial charge in [-0.1, -0.05) is 0 Å². The highest BCUT2D eigenvalue weighted by Crippen LogP contribution is 2.27. The summed E-state index contributed by atoms with van der Waals surface area (Å²) in [5.74, 6) is -1.14. The van der Waals surface area contributed by atoms with Crippen molar-refractivity contribution >= 4 is 29.9 Å². The minimum atomic E-state index is -0.748. The molecule has 30 heavy (non-hydrogen) atoms. The average Bonchev–Trinajstić information content (AvgIpc) is 2.73. The number of ether oxygens (including phenoxy) is 2. The van der Waals surface area contributed by atoms with Gasteiger partial charge in [-0.15, -0.1) is 0 Å². The molecule has 0 aromatic heterocycles. The van der Waals surface area contributed by atoms with Gasteiger partial charge in [0.1, 0.15) is 12.6 Å². The number of benzene rings is 2. The topological polar surface area (TPSA) is 176 Å². The minimum Gasteiger partial charge on any atom is -0.502 e. The van der Waals surface area contributed by atoms with Crippen molar-refractivity contribution in [1.82, 2.24) is 0 Å². The number of aromatic hydroxyl groups is 1. The molecule has 0 aliphatic heterocycles. The summed E-state index contributed by atoms with van der Waals surface area (Å²) in [7, 11) is 0. The van der Waals surface area contributed by atoms with E-state index in [2.05, 4.69) is 4.74 Å². The molecular weight excluding hydrogens is 404 g/mol. The fourth-order valence-electron chi connectivity index (χ4n) is 1.97. The minimum absolute atomic E-state index is 0.0846. The molecule has 0 spiro atoms. The van der Waals surface area contributed by atoms with Crippen LogP contribution < -0.4 is 4.74 Å². The van der Waals surface area contributed by atoms with Crippen LogP contribution in [-0.4, -0.2) is 46.7 Å². The first-order chi connectivity index (χ1) is 14.2. The molecule has 0 saturated carbocycles. The third kappa shape index (κ3) is 6.99. The van der Waals surface area contributed by atoms with Gasteiger partial charge in [-0.25, -0.2) is 4.79 Å². The molecule has 12 heteroatoms. The Morgan fingerprint density at radius 3 is 2.03 bits per heavy atom. The van der Waals surface area contributed by atoms with E-state index in [-0.39, 0.29) is 29.2 Å². The number of rotatable bonds is 8. The van der Waals surface area contributed by atoms with Gasteiger partial charge in [0.2, 0.25) is 0 Å². The Hall–Kier alpha value is -4.35. The normalized spacial score (nSPS) is 9.50. The Labute approximate surface area is 168 Å². The number of esters is 1. The zero-order valence-corrected chi connectivity index (χ0v) is 15.5. The predicted molar refractivity (Wildman–Crippen MR) is 101 cm³/mol. The van der Waals surface area contributed by atoms with Crippen LogP contribution in [0.25, 0.3) is 0 Å². The number of carbonyl (C=O) groups is 3. The first-order valence-electron chi connectivity index (χ1n) is 8.18. The maximum absolute atomic E-state index is 11.0. The smallest absolute Gasteiger partial charge is 0.344 e. The van der Waals surface area contributed by atoms with Crippen LogP contribution in [0.4, 0.5) is 11.4 Å². The second-order valence-corrected chi connectivity index (χ2v) is 5.32. The SMILES string of the molecule is CCOC(=O)COc1ccc(C=O)cc1[N+](=O)[O-].O=Cc1ccc(O)c([N+](=O)[O-])c1. The molecule has 2 rings (SSSR count). The largest absolute Gasteiger partial charge is 0.502 e. The molecule has 1 N–H and O–H groups in total. The van der Waals surface area contributed by atoms with Gasteiger partial charge < -0.3 is 14.6 Å². The standard InChI is InChI=1S/C11H11NO6.C7H5NO4/c1-2-17-11(14)7-18-10-4-3-8(6-13)5-9(10)12(15)16;9-4-5-1-2-7(10)6(3-5)8(11)12/h3-6H,2,7H2,1H3;1-4,10H. The molecule has 0 unspecified atom stereocenters. The van der Waals surface area contributed by atoms with Crippen LogP contribution in [0.1, 0.15) is 27.6 Å². The maximum atomic E-state index is 11.0. The predicted octanol–water partition coefficient (Wildman–Crippen LogP) is 2.46. The lowest BCUT2D eigenvalue weighted by molar-refractivity contribution is -0.386. The Balaban J connectivity index is 0.000000325. The molecule has 158 valence electrons. The zero-order valence-electron chi connectivity index (χ0n) is 15.5. The molecule has 12 nitrogen and oxygen atoms in total. The van der Waals surface area contributed by atoms with Gasteiger partial charge >= 0.3 is 17.3 Å². The summed E-state index contributed by atoms with van der Waals surface area (Å²) in [5.41, 5.74) is -0.506. The fourth-order valence-corrected chi connectivity index (χ4v) is 1.97. The Morgan fingerprint density at radius 1 is 1.00 bits per heavy atom. The maximum Gasteiger partial charge on any atom is 0.344 e. The lowest BCUT2D eigenvalue weighted by atomic mass is 10.2. The van der Waals surface area contributed by atoms with Crippen molar-refractivity contribution in [2.24, 2.45) is 0 Å². The van der Waals surface area contributed by atoms with E-state index >= 15 is 0 Å². The van der Waals surface area contributed by atoms with Crippen molar-refractivity contribution in [2.75, 3.05) is 13.2 Å². The lowest BCUT2D eigenvalue weighted by Crippen LogP contribution is -2.15. The first kappa shape index (κ1) is 23.7. The number of nitrogens with zero attached hydrogens (tertiary/aromatic N) is 2. The molecule has 0 atom stereocenters. The van der Waals surface area contributed by atoms with E-state index in [4.69, 9.17) is 9.84 Å². The monoisotopic (exact) mass is 420 g/mol. The highest BCUT2D eigenvalue weighted by Gasteiger charge is 2.17. The number of phenols is 1. The highest BCUT2D eigenvalue weighted by molar-refractivity contribution is 5.78. The van der Waals surface area contributed by atoms with E-state index in [1.807, 2.05) is 0 Å². The fraction of sp³-hybridized carbons (Fsp3) is 0.167. The van der Waals surface area contributed by atoms with Gasteiger partial charge in [0.05, 0.1) is 16.5 Å². The second kappa shape index (κ2) is 11.5. The Kier molecular flexibility index (Phi) is 9.07. The van der Waals surface area contributed by atoms with Crippen molar-refractivity contribution < 1.29 is 38.8 Å². The van der Waals surface area contributed by atoms with Gasteiger partial charge in [0.25, 0.3) is 0 Å². The number of phenolic OH excluding ortho intramolecular Hbond substituents is 1. The van der Waals surface area contributed by atoms with Crippen molar-refractivity contribution in [3.63, 3.8) is 0 Å². The van der Waals surface area contributed by atoms with E-state index in [1.54, 1.807) is 6.92 Å². The van der Waals surface area contributed by atoms with Gasteiger partial charge in [0.15, 0.2) is 18.1 Å². The van der Waals surface area contributed by atoms with Gasteiger partial charge in [0, 0.05) is 23.3 Å². The summed E-state index contributed by atoms with van der Waals surface area (Å²) in [5, 5.41) is 29.9. The third-order valence-corrected chi connectivity index (χ3v) is 3.30. The van der Waals surface area contributed by atoms with Crippen molar-refractivity contribution in [2.45, 2.75) is 6.92 Å². The summed E-state index contributed by atoms with van der Waals surface area (Å²) in [6, 6.07) is 7.13. The van der Waals surface area contributed by atoms with E-state index < -0.39 is 33.9 Å². The third-order valence-electron chi connectivity index (χ3n) is 3.30. The van der Waals surface area contributed by atoms with Crippen molar-refractivity contribution in [3.8, 4) is 11.5 Å².